The molecule has 5 aromatic rings. The van der Waals surface area contributed by atoms with Gasteiger partial charge in [0.15, 0.2) is 11.2 Å². The topological polar surface area (TPSA) is 192 Å². The molecule has 0 aliphatic carbocycles. The number of amides is 1. The Bertz CT molecular complexity index is 2340. The van der Waals surface area contributed by atoms with E-state index in [2.05, 4.69) is 20.3 Å². The van der Waals surface area contributed by atoms with Gasteiger partial charge in [-0.1, -0.05) is 68.4 Å². The fourth-order valence-electron chi connectivity index (χ4n) is 7.56. The molecular formula is C44H54N7O9P. The highest BCUT2D eigenvalue weighted by Crippen LogP contribution is 2.55. The van der Waals surface area contributed by atoms with Gasteiger partial charge in [0.2, 0.25) is 11.9 Å². The molecule has 4 atom stereocenters. The number of H-pyrrole nitrogens is 1. The molecule has 0 unspecified atom stereocenters. The molecule has 0 radical (unpaired) electrons. The molecule has 324 valence electrons. The minimum atomic E-state index is -4.05. The van der Waals surface area contributed by atoms with Crippen LogP contribution in [-0.2, 0) is 33.5 Å². The lowest BCUT2D eigenvalue weighted by Gasteiger charge is -2.40. The van der Waals surface area contributed by atoms with Crippen molar-refractivity contribution in [2.45, 2.75) is 90.5 Å². The summed E-state index contributed by atoms with van der Waals surface area (Å²) in [5, 5.41) is 12.0. The Balaban J connectivity index is 1.50. The minimum Gasteiger partial charge on any atom is -0.497 e. The van der Waals surface area contributed by atoms with Crippen LogP contribution in [-0.4, -0.2) is 81.8 Å². The molecule has 2 aromatic heterocycles. The number of benzene rings is 3. The number of anilines is 1. The van der Waals surface area contributed by atoms with Gasteiger partial charge in [0.25, 0.3) is 5.56 Å². The van der Waals surface area contributed by atoms with Crippen molar-refractivity contribution < 1.29 is 37.4 Å². The molecule has 3 heterocycles. The van der Waals surface area contributed by atoms with Crippen LogP contribution >= 0.6 is 7.75 Å². The zero-order valence-electron chi connectivity index (χ0n) is 35.7. The Hall–Kier alpha value is -5.40. The molecule has 16 nitrogen and oxygen atoms in total. The van der Waals surface area contributed by atoms with Crippen LogP contribution in [0.4, 0.5) is 5.95 Å². The third-order valence-electron chi connectivity index (χ3n) is 10.4. The third-order valence-corrected chi connectivity index (χ3v) is 12.9. The number of nitrogens with one attached hydrogen (secondary N) is 2. The van der Waals surface area contributed by atoms with Crippen LogP contribution in [0.25, 0.3) is 11.2 Å². The Morgan fingerprint density at radius 2 is 1.54 bits per heavy atom. The second-order valence-electron chi connectivity index (χ2n) is 15.5. The highest BCUT2D eigenvalue weighted by Gasteiger charge is 2.48. The fourth-order valence-corrected chi connectivity index (χ4v) is 9.69. The summed E-state index contributed by atoms with van der Waals surface area (Å²) in [6, 6.07) is 26.6. The summed E-state index contributed by atoms with van der Waals surface area (Å²) in [5.74, 6) is 0.571. The highest BCUT2D eigenvalue weighted by atomic mass is 31.2. The average Bonchev–Trinajstić information content (AvgIpc) is 3.86. The molecule has 1 amide bonds. The van der Waals surface area contributed by atoms with E-state index >= 15 is 0 Å². The number of fused-ring (bicyclic) bond motifs is 1. The quantitative estimate of drug-likeness (QED) is 0.0470. The van der Waals surface area contributed by atoms with Crippen LogP contribution in [0.2, 0.25) is 0 Å². The van der Waals surface area contributed by atoms with Crippen molar-refractivity contribution in [2.24, 2.45) is 5.92 Å². The molecule has 2 N–H and O–H groups in total. The third kappa shape index (κ3) is 9.73. The number of nitrogens with zero attached hydrogens (tertiary/aromatic N) is 5. The molecule has 1 aliphatic rings. The molecule has 6 rings (SSSR count). The second kappa shape index (κ2) is 19.5. The number of ether oxygens (including phenoxy) is 4. The maximum atomic E-state index is 14.9. The van der Waals surface area contributed by atoms with Crippen molar-refractivity contribution in [1.82, 2.24) is 24.2 Å². The van der Waals surface area contributed by atoms with Crippen LogP contribution < -0.4 is 20.3 Å². The van der Waals surface area contributed by atoms with Gasteiger partial charge in [0.05, 0.1) is 52.4 Å². The van der Waals surface area contributed by atoms with Gasteiger partial charge in [-0.25, -0.2) is 14.2 Å². The number of methoxy groups -OCH3 is 2. The SMILES string of the molecule is COc1ccc(C(O[C@H]2C[C@H](n3cnc4c(=O)[nH]c(NC(=O)C(C)C)nc43)O[C@@H]2CO[P@](=O)(OCCC#N)N(C(C)C)C(C)C)(c2ccccc2)c2ccc(OC)cc2)cc1. The van der Waals surface area contributed by atoms with Gasteiger partial charge in [0, 0.05) is 24.4 Å². The molecule has 0 bridgehead atoms. The lowest BCUT2D eigenvalue weighted by Crippen LogP contribution is -2.41. The molecule has 1 fully saturated rings. The van der Waals surface area contributed by atoms with Gasteiger partial charge in [-0.15, -0.1) is 0 Å². The van der Waals surface area contributed by atoms with Crippen LogP contribution in [0.3, 0.4) is 0 Å². The summed E-state index contributed by atoms with van der Waals surface area (Å²) in [6.07, 6.45) is -0.893. The van der Waals surface area contributed by atoms with Gasteiger partial charge < -0.3 is 18.9 Å². The smallest absolute Gasteiger partial charge is 0.408 e. The van der Waals surface area contributed by atoms with E-state index in [9.17, 15) is 19.4 Å². The van der Waals surface area contributed by atoms with Gasteiger partial charge in [-0.2, -0.15) is 10.2 Å². The van der Waals surface area contributed by atoms with Crippen molar-refractivity contribution in [2.75, 3.05) is 32.8 Å². The molecule has 61 heavy (non-hydrogen) atoms. The van der Waals surface area contributed by atoms with Crippen molar-refractivity contribution in [3.8, 4) is 17.6 Å². The van der Waals surface area contributed by atoms with Crippen molar-refractivity contribution >= 4 is 30.8 Å². The summed E-state index contributed by atoms with van der Waals surface area (Å²) in [5.41, 5.74) is 0.732. The Morgan fingerprint density at radius 3 is 2.08 bits per heavy atom. The first-order valence-corrected chi connectivity index (χ1v) is 21.7. The molecular weight excluding hydrogens is 801 g/mol. The first-order chi connectivity index (χ1) is 29.2. The number of aromatic nitrogens is 4. The van der Waals surface area contributed by atoms with E-state index in [1.165, 1.54) is 6.33 Å². The summed E-state index contributed by atoms with van der Waals surface area (Å²) in [7, 11) is -0.839. The van der Waals surface area contributed by atoms with Crippen LogP contribution in [0.5, 0.6) is 11.5 Å². The molecule has 0 saturated carbocycles. The lowest BCUT2D eigenvalue weighted by molar-refractivity contribution is -0.118. The number of imidazole rings is 1. The maximum absolute atomic E-state index is 14.9. The second-order valence-corrected chi connectivity index (χ2v) is 17.4. The van der Waals surface area contributed by atoms with Crippen LogP contribution in [0.15, 0.2) is 90.0 Å². The number of aromatic amines is 1. The summed E-state index contributed by atoms with van der Waals surface area (Å²) >= 11 is 0. The normalized spacial score (nSPS) is 17.9. The molecule has 3 aromatic carbocycles. The summed E-state index contributed by atoms with van der Waals surface area (Å²) in [4.78, 5) is 37.5. The zero-order valence-corrected chi connectivity index (χ0v) is 36.6. The Labute approximate surface area is 355 Å². The zero-order chi connectivity index (χ0) is 43.9. The van der Waals surface area contributed by atoms with Crippen LogP contribution in [0, 0.1) is 17.2 Å². The van der Waals surface area contributed by atoms with Gasteiger partial charge >= 0.3 is 7.75 Å². The van der Waals surface area contributed by atoms with Gasteiger partial charge in [0.1, 0.15) is 29.4 Å². The van der Waals surface area contributed by atoms with Crippen molar-refractivity contribution in [1.29, 1.82) is 5.26 Å². The van der Waals surface area contributed by atoms with E-state index in [1.807, 2.05) is 113 Å². The number of nitriles is 1. The largest absolute Gasteiger partial charge is 0.497 e. The lowest BCUT2D eigenvalue weighted by atomic mass is 9.79. The van der Waals surface area contributed by atoms with E-state index in [0.29, 0.717) is 11.5 Å². The Kier molecular flexibility index (Phi) is 14.5. The number of carbonyl (C=O) groups is 1. The number of hydrogen-bond acceptors (Lipinski definition) is 12. The fraction of sp³-hybridized carbons (Fsp3) is 0.432. The summed E-state index contributed by atoms with van der Waals surface area (Å²) in [6.45, 7) is 10.7. The number of hydrogen-bond donors (Lipinski definition) is 2. The van der Waals surface area contributed by atoms with Crippen molar-refractivity contribution in [3.63, 3.8) is 0 Å². The highest BCUT2D eigenvalue weighted by molar-refractivity contribution is 7.51. The van der Waals surface area contributed by atoms with Crippen molar-refractivity contribution in [3.05, 3.63) is 112 Å². The molecule has 0 spiro atoms. The standard InChI is InChI=1S/C44H54N7O9P/c1-28(2)41(52)48-43-47-40-39(42(53)49-43)46-27-50(40)38-25-36(37(59-38)26-58-61(54,57-24-12-23-45)51(29(3)4)30(5)6)60-44(31-13-10-9-11-14-31,32-15-19-34(55-7)20-16-32)33-17-21-35(56-8)22-18-33/h9-11,13-22,27-30,36-38H,12,24-26H2,1-8H3,(H2,47,48,49,52,53)/t36-,37+,38+,61+/m0/s1. The van der Waals surface area contributed by atoms with E-state index in [-0.39, 0.29) is 67.1 Å². The first kappa shape index (κ1) is 45.1. The predicted octanol–water partition coefficient (Wildman–Crippen LogP) is 7.57. The van der Waals surface area contributed by atoms with Gasteiger partial charge in [-0.3, -0.25) is 33.5 Å². The monoisotopic (exact) mass is 855 g/mol. The van der Waals surface area contributed by atoms with E-state index < -0.39 is 37.3 Å². The van der Waals surface area contributed by atoms with E-state index in [4.69, 9.17) is 28.0 Å². The first-order valence-electron chi connectivity index (χ1n) is 20.2. The predicted molar refractivity (Wildman–Crippen MR) is 229 cm³/mol. The van der Waals surface area contributed by atoms with E-state index in [1.54, 1.807) is 37.3 Å². The molecule has 1 saturated heterocycles. The molecule has 1 aliphatic heterocycles. The van der Waals surface area contributed by atoms with E-state index in [0.717, 1.165) is 16.7 Å². The minimum absolute atomic E-state index is 0.00782. The molecule has 17 heteroatoms. The average molecular weight is 856 g/mol. The Morgan fingerprint density at radius 1 is 0.951 bits per heavy atom. The maximum Gasteiger partial charge on any atom is 0.408 e. The van der Waals surface area contributed by atoms with Gasteiger partial charge in [-0.05, 0) is 68.7 Å². The van der Waals surface area contributed by atoms with Crippen LogP contribution in [0.1, 0.15) is 77.3 Å². The number of carbonyl (C=O) groups excluding carboxylic acids is 1. The number of rotatable bonds is 19. The summed E-state index contributed by atoms with van der Waals surface area (Å²) < 4.78 is 56.0.